The van der Waals surface area contributed by atoms with Crippen molar-refractivity contribution in [1.82, 2.24) is 10.2 Å². The maximum absolute atomic E-state index is 11.8. The third-order valence-corrected chi connectivity index (χ3v) is 6.83. The summed E-state index contributed by atoms with van der Waals surface area (Å²) in [6.07, 6.45) is 6.35. The molecule has 2 aliphatic heterocycles. The van der Waals surface area contributed by atoms with Crippen LogP contribution in [0.2, 0.25) is 0 Å². The van der Waals surface area contributed by atoms with Crippen molar-refractivity contribution in [3.8, 4) is 0 Å². The predicted octanol–water partition coefficient (Wildman–Crippen LogP) is 1.19. The van der Waals surface area contributed by atoms with Crippen LogP contribution < -0.4 is 5.32 Å². The molecule has 112 valence electrons. The van der Waals surface area contributed by atoms with Gasteiger partial charge >= 0.3 is 0 Å². The fraction of sp³-hybridized carbons (Fsp3) is 1.00. The third-order valence-electron chi connectivity index (χ3n) is 4.14. The number of sulfone groups is 1. The first kappa shape index (κ1) is 15.6. The van der Waals surface area contributed by atoms with Gasteiger partial charge in [-0.3, -0.25) is 4.90 Å². The van der Waals surface area contributed by atoms with Crippen molar-refractivity contribution >= 4 is 21.6 Å². The van der Waals surface area contributed by atoms with E-state index in [1.54, 1.807) is 11.8 Å². The molecule has 2 rings (SSSR count). The molecule has 0 saturated carbocycles. The summed E-state index contributed by atoms with van der Waals surface area (Å²) in [7, 11) is -2.94. The number of nitrogens with zero attached hydrogens (tertiary/aromatic N) is 1. The van der Waals surface area contributed by atoms with Crippen LogP contribution in [-0.2, 0) is 9.84 Å². The van der Waals surface area contributed by atoms with Crippen molar-refractivity contribution < 1.29 is 8.42 Å². The Balaban J connectivity index is 1.76. The second-order valence-corrected chi connectivity index (χ2v) is 9.10. The minimum Gasteiger partial charge on any atom is -0.316 e. The number of hydrogen-bond acceptors (Lipinski definition) is 5. The van der Waals surface area contributed by atoms with Crippen molar-refractivity contribution in [3.05, 3.63) is 0 Å². The van der Waals surface area contributed by atoms with E-state index in [-0.39, 0.29) is 5.37 Å². The molecule has 2 fully saturated rings. The van der Waals surface area contributed by atoms with E-state index in [1.807, 2.05) is 0 Å². The summed E-state index contributed by atoms with van der Waals surface area (Å²) in [5, 5.41) is 3.19. The fourth-order valence-corrected chi connectivity index (χ4v) is 5.99. The molecule has 2 saturated heterocycles. The lowest BCUT2D eigenvalue weighted by Crippen LogP contribution is -2.47. The number of rotatable bonds is 5. The largest absolute Gasteiger partial charge is 0.316 e. The van der Waals surface area contributed by atoms with Crippen molar-refractivity contribution in [2.24, 2.45) is 5.92 Å². The summed E-state index contributed by atoms with van der Waals surface area (Å²) in [5.41, 5.74) is 0. The average molecular weight is 306 g/mol. The van der Waals surface area contributed by atoms with E-state index in [4.69, 9.17) is 0 Å². The average Bonchev–Trinajstić information content (AvgIpc) is 2.39. The Morgan fingerprint density at radius 1 is 1.42 bits per heavy atom. The predicted molar refractivity (Wildman–Crippen MR) is 82.4 cm³/mol. The first-order chi connectivity index (χ1) is 9.07. The van der Waals surface area contributed by atoms with Crippen LogP contribution in [0.1, 0.15) is 25.7 Å². The van der Waals surface area contributed by atoms with Crippen LogP contribution in [-0.4, -0.2) is 62.6 Å². The van der Waals surface area contributed by atoms with Crippen LogP contribution in [0.4, 0.5) is 0 Å². The molecule has 2 unspecified atom stereocenters. The third kappa shape index (κ3) is 4.92. The zero-order valence-electron chi connectivity index (χ0n) is 11.8. The summed E-state index contributed by atoms with van der Waals surface area (Å²) in [5.74, 6) is 2.60. The topological polar surface area (TPSA) is 49.4 Å². The van der Waals surface area contributed by atoms with Crippen LogP contribution in [0.25, 0.3) is 0 Å². The molecule has 4 nitrogen and oxygen atoms in total. The van der Waals surface area contributed by atoms with Crippen molar-refractivity contribution in [2.75, 3.05) is 43.9 Å². The number of piperidine rings is 1. The lowest BCUT2D eigenvalue weighted by atomic mass is 9.95. The van der Waals surface area contributed by atoms with Gasteiger partial charge in [0.05, 0.1) is 0 Å². The van der Waals surface area contributed by atoms with E-state index in [2.05, 4.69) is 10.2 Å². The first-order valence-electron chi connectivity index (χ1n) is 7.29. The Labute approximate surface area is 121 Å². The van der Waals surface area contributed by atoms with Crippen molar-refractivity contribution in [1.29, 1.82) is 0 Å². The molecule has 0 aromatic heterocycles. The maximum Gasteiger partial charge on any atom is 0.164 e. The Morgan fingerprint density at radius 2 is 2.26 bits per heavy atom. The van der Waals surface area contributed by atoms with Gasteiger partial charge in [-0.15, -0.1) is 0 Å². The van der Waals surface area contributed by atoms with Gasteiger partial charge in [0.2, 0.25) is 0 Å². The molecule has 2 atom stereocenters. The van der Waals surface area contributed by atoms with Gasteiger partial charge in [0.25, 0.3) is 0 Å². The second-order valence-electron chi connectivity index (χ2n) is 5.75. The molecule has 0 aliphatic carbocycles. The van der Waals surface area contributed by atoms with Gasteiger partial charge in [-0.25, -0.2) is 8.42 Å². The summed E-state index contributed by atoms with van der Waals surface area (Å²) >= 11 is 1.76. The highest BCUT2D eigenvalue weighted by Crippen LogP contribution is 2.22. The minimum atomic E-state index is -2.94. The number of thioether (sulfide) groups is 1. The van der Waals surface area contributed by atoms with Gasteiger partial charge in [-0.05, 0) is 51.2 Å². The van der Waals surface area contributed by atoms with Gasteiger partial charge in [-0.2, -0.15) is 11.8 Å². The van der Waals surface area contributed by atoms with Crippen LogP contribution in [0, 0.1) is 5.92 Å². The highest BCUT2D eigenvalue weighted by molar-refractivity contribution is 8.00. The van der Waals surface area contributed by atoms with Gasteiger partial charge in [0, 0.05) is 24.3 Å². The summed E-state index contributed by atoms with van der Waals surface area (Å²) in [6, 6.07) is 0. The molecular weight excluding hydrogens is 280 g/mol. The number of nitrogens with one attached hydrogen (secondary N) is 1. The molecule has 6 heteroatoms. The van der Waals surface area contributed by atoms with E-state index < -0.39 is 9.84 Å². The Morgan fingerprint density at radius 3 is 2.95 bits per heavy atom. The monoisotopic (exact) mass is 306 g/mol. The van der Waals surface area contributed by atoms with Gasteiger partial charge in [-0.1, -0.05) is 0 Å². The van der Waals surface area contributed by atoms with Crippen LogP contribution in [0.15, 0.2) is 0 Å². The zero-order chi connectivity index (χ0) is 13.7. The van der Waals surface area contributed by atoms with Gasteiger partial charge in [0.1, 0.15) is 5.37 Å². The Hall–Kier alpha value is 0.220. The summed E-state index contributed by atoms with van der Waals surface area (Å²) in [4.78, 5) is 2.18. The van der Waals surface area contributed by atoms with E-state index >= 15 is 0 Å². The normalized spacial score (nSPS) is 30.4. The lowest BCUT2D eigenvalue weighted by Gasteiger charge is -2.34. The molecule has 0 radical (unpaired) electrons. The molecule has 1 N–H and O–H groups in total. The standard InChI is InChI=1S/C13H26N2O2S2/c1-19(16,17)13-11-18-9-8-15(13)7-3-5-12-4-2-6-14-10-12/h12-14H,2-11H2,1H3. The van der Waals surface area contributed by atoms with E-state index in [9.17, 15) is 8.42 Å². The number of hydrogen-bond donors (Lipinski definition) is 1. The Kier molecular flexibility index (Phi) is 5.99. The highest BCUT2D eigenvalue weighted by Gasteiger charge is 2.30. The van der Waals surface area contributed by atoms with Crippen LogP contribution >= 0.6 is 11.8 Å². The maximum atomic E-state index is 11.8. The molecule has 2 heterocycles. The van der Waals surface area contributed by atoms with E-state index in [0.717, 1.165) is 50.0 Å². The van der Waals surface area contributed by atoms with E-state index in [1.165, 1.54) is 25.5 Å². The summed E-state index contributed by atoms with van der Waals surface area (Å²) < 4.78 is 23.6. The quantitative estimate of drug-likeness (QED) is 0.827. The smallest absolute Gasteiger partial charge is 0.164 e. The highest BCUT2D eigenvalue weighted by atomic mass is 32.2. The Bertz CT molecular complexity index is 367. The first-order valence-corrected chi connectivity index (χ1v) is 10.4. The van der Waals surface area contributed by atoms with Crippen LogP contribution in [0.3, 0.4) is 0 Å². The molecule has 2 aliphatic rings. The lowest BCUT2D eigenvalue weighted by molar-refractivity contribution is 0.249. The zero-order valence-corrected chi connectivity index (χ0v) is 13.4. The molecule has 0 amide bonds. The molecule has 0 spiro atoms. The molecule has 0 bridgehead atoms. The van der Waals surface area contributed by atoms with Crippen LogP contribution in [0.5, 0.6) is 0 Å². The molecule has 0 aromatic carbocycles. The van der Waals surface area contributed by atoms with E-state index in [0.29, 0.717) is 0 Å². The van der Waals surface area contributed by atoms with Crippen molar-refractivity contribution in [2.45, 2.75) is 31.1 Å². The van der Waals surface area contributed by atoms with Crippen molar-refractivity contribution in [3.63, 3.8) is 0 Å². The molecular formula is C13H26N2O2S2. The molecule has 0 aromatic rings. The fourth-order valence-electron chi connectivity index (χ4n) is 3.02. The van der Waals surface area contributed by atoms with Gasteiger partial charge in [0.15, 0.2) is 9.84 Å². The minimum absolute atomic E-state index is 0.254. The van der Waals surface area contributed by atoms with Gasteiger partial charge < -0.3 is 5.32 Å². The second kappa shape index (κ2) is 7.29. The SMILES string of the molecule is CS(=O)(=O)C1CSCCN1CCCC1CCCNC1. The molecule has 19 heavy (non-hydrogen) atoms. The summed E-state index contributed by atoms with van der Waals surface area (Å²) in [6.45, 7) is 4.17.